The number of pyridine rings is 1. The molecule has 1 amide bonds. The molecule has 0 fully saturated rings. The fraction of sp³-hybridized carbons (Fsp3) is 0.227. The van der Waals surface area contributed by atoms with Crippen molar-refractivity contribution in [3.8, 4) is 5.75 Å². The zero-order valence-corrected chi connectivity index (χ0v) is 18.4. The van der Waals surface area contributed by atoms with Gasteiger partial charge in [-0.3, -0.25) is 9.78 Å². The Morgan fingerprint density at radius 1 is 1.25 bits per heavy atom. The van der Waals surface area contributed by atoms with Crippen molar-refractivity contribution in [2.75, 3.05) is 13.2 Å². The van der Waals surface area contributed by atoms with E-state index in [1.807, 2.05) is 12.1 Å². The van der Waals surface area contributed by atoms with Gasteiger partial charge in [-0.2, -0.15) is 5.10 Å². The smallest absolute Gasteiger partial charge is 0.338 e. The second-order valence-corrected chi connectivity index (χ2v) is 7.07. The van der Waals surface area contributed by atoms with E-state index < -0.39 is 17.9 Å². The fourth-order valence-corrected chi connectivity index (χ4v) is 3.33. The molecule has 10 heteroatoms. The Hall–Kier alpha value is -3.79. The van der Waals surface area contributed by atoms with Crippen LogP contribution in [0.1, 0.15) is 31.1 Å². The Bertz CT molecular complexity index is 1060. The summed E-state index contributed by atoms with van der Waals surface area (Å²) < 4.78 is 10.9. The Morgan fingerprint density at radius 2 is 2.03 bits per heavy atom. The molecular weight excluding hydrogens is 430 g/mol. The molecule has 0 spiro atoms. The number of carbonyl (C=O) groups is 2. The first-order chi connectivity index (χ1) is 15.5. The van der Waals surface area contributed by atoms with Gasteiger partial charge >= 0.3 is 5.97 Å². The van der Waals surface area contributed by atoms with Crippen LogP contribution in [0.25, 0.3) is 0 Å². The van der Waals surface area contributed by atoms with Gasteiger partial charge in [0.1, 0.15) is 5.75 Å². The minimum atomic E-state index is -0.593. The van der Waals surface area contributed by atoms with Gasteiger partial charge in [0.15, 0.2) is 11.7 Å². The van der Waals surface area contributed by atoms with E-state index >= 15 is 0 Å². The number of hydrogen-bond acceptors (Lipinski definition) is 7. The third-order valence-electron chi connectivity index (χ3n) is 4.43. The average molecular weight is 454 g/mol. The molecule has 2 aromatic rings. The molecular formula is C22H23N5O4S. The molecule has 2 heterocycles. The van der Waals surface area contributed by atoms with Crippen LogP contribution < -0.4 is 20.8 Å². The van der Waals surface area contributed by atoms with Gasteiger partial charge in [-0.15, -0.1) is 0 Å². The summed E-state index contributed by atoms with van der Waals surface area (Å²) >= 11 is 5.27. The third kappa shape index (κ3) is 5.88. The molecule has 0 unspecified atom stereocenters. The number of amides is 1. The van der Waals surface area contributed by atoms with Gasteiger partial charge in [0.05, 0.1) is 30.1 Å². The van der Waals surface area contributed by atoms with Crippen LogP contribution in [-0.2, 0) is 14.3 Å². The molecule has 3 rings (SSSR count). The number of para-hydroxylation sites is 1. The Kier molecular flexibility index (Phi) is 7.87. The number of aromatic nitrogens is 1. The zero-order valence-electron chi connectivity index (χ0n) is 17.6. The summed E-state index contributed by atoms with van der Waals surface area (Å²) in [5.74, 6) is -0.486. The third-order valence-corrected chi connectivity index (χ3v) is 4.65. The van der Waals surface area contributed by atoms with E-state index in [2.05, 4.69) is 26.1 Å². The van der Waals surface area contributed by atoms with Crippen LogP contribution in [0.4, 0.5) is 0 Å². The van der Waals surface area contributed by atoms with Crippen molar-refractivity contribution in [2.45, 2.75) is 19.9 Å². The van der Waals surface area contributed by atoms with Gasteiger partial charge in [0, 0.05) is 17.5 Å². The summed E-state index contributed by atoms with van der Waals surface area (Å²) in [7, 11) is 0. The first-order valence-corrected chi connectivity index (χ1v) is 10.3. The van der Waals surface area contributed by atoms with E-state index in [1.54, 1.807) is 50.4 Å². The van der Waals surface area contributed by atoms with Crippen molar-refractivity contribution >= 4 is 35.4 Å². The molecule has 1 aliphatic heterocycles. The maximum absolute atomic E-state index is 12.6. The molecule has 166 valence electrons. The highest BCUT2D eigenvalue weighted by Gasteiger charge is 2.32. The molecule has 1 aromatic heterocycles. The highest BCUT2D eigenvalue weighted by Crippen LogP contribution is 2.33. The van der Waals surface area contributed by atoms with Crippen molar-refractivity contribution in [3.63, 3.8) is 0 Å². The van der Waals surface area contributed by atoms with Crippen molar-refractivity contribution in [2.24, 2.45) is 5.10 Å². The van der Waals surface area contributed by atoms with Crippen molar-refractivity contribution in [3.05, 3.63) is 71.2 Å². The van der Waals surface area contributed by atoms with Gasteiger partial charge in [0.2, 0.25) is 0 Å². The van der Waals surface area contributed by atoms with Crippen molar-refractivity contribution < 1.29 is 19.1 Å². The van der Waals surface area contributed by atoms with E-state index in [4.69, 9.17) is 21.7 Å². The van der Waals surface area contributed by atoms with Gasteiger partial charge in [-0.05, 0) is 44.3 Å². The SMILES string of the molecule is CCOC(=O)C1=C(C)NC(=S)N[C@H]1c1ccccc1OCC(=O)NN=Cc1ccccn1. The standard InChI is InChI=1S/C22H23N5O4S/c1-3-30-21(29)19-14(2)25-22(32)26-20(19)16-9-4-5-10-17(16)31-13-18(28)27-24-12-15-8-6-7-11-23-15/h4-12,20H,3,13H2,1-2H3,(H,27,28)(H2,25,26,32)/t20-/m0/s1. The molecule has 0 saturated carbocycles. The lowest BCUT2D eigenvalue weighted by Crippen LogP contribution is -2.45. The van der Waals surface area contributed by atoms with Gasteiger partial charge in [-0.1, -0.05) is 24.3 Å². The Labute approximate surface area is 190 Å². The van der Waals surface area contributed by atoms with Gasteiger partial charge in [0.25, 0.3) is 5.91 Å². The molecule has 0 aliphatic carbocycles. The fourth-order valence-electron chi connectivity index (χ4n) is 3.06. The second-order valence-electron chi connectivity index (χ2n) is 6.66. The molecule has 1 aliphatic rings. The van der Waals surface area contributed by atoms with Crippen LogP contribution in [0.2, 0.25) is 0 Å². The highest BCUT2D eigenvalue weighted by atomic mass is 32.1. The normalized spacial score (nSPS) is 15.7. The monoisotopic (exact) mass is 453 g/mol. The number of rotatable bonds is 8. The quantitative estimate of drug-likeness (QED) is 0.241. The van der Waals surface area contributed by atoms with E-state index in [-0.39, 0.29) is 13.2 Å². The first-order valence-electron chi connectivity index (χ1n) is 9.89. The summed E-state index contributed by atoms with van der Waals surface area (Å²) in [5.41, 5.74) is 4.63. The number of hydrogen-bond donors (Lipinski definition) is 3. The van der Waals surface area contributed by atoms with Crippen LogP contribution in [-0.4, -0.2) is 41.4 Å². The number of nitrogens with one attached hydrogen (secondary N) is 3. The molecule has 9 nitrogen and oxygen atoms in total. The largest absolute Gasteiger partial charge is 0.483 e. The summed E-state index contributed by atoms with van der Waals surface area (Å²) in [4.78, 5) is 28.8. The Balaban J connectivity index is 1.73. The highest BCUT2D eigenvalue weighted by molar-refractivity contribution is 7.80. The summed E-state index contributed by atoms with van der Waals surface area (Å²) in [6, 6.07) is 11.9. The number of ether oxygens (including phenoxy) is 2. The number of allylic oxidation sites excluding steroid dienone is 1. The van der Waals surface area contributed by atoms with Crippen molar-refractivity contribution in [1.82, 2.24) is 21.0 Å². The molecule has 1 atom stereocenters. The van der Waals surface area contributed by atoms with Crippen LogP contribution in [0.5, 0.6) is 5.75 Å². The van der Waals surface area contributed by atoms with Crippen LogP contribution in [0.15, 0.2) is 65.0 Å². The first kappa shape index (κ1) is 22.9. The van der Waals surface area contributed by atoms with E-state index in [0.29, 0.717) is 33.4 Å². The molecule has 0 radical (unpaired) electrons. The van der Waals surface area contributed by atoms with E-state index in [0.717, 1.165) is 0 Å². The summed E-state index contributed by atoms with van der Waals surface area (Å²) in [6.07, 6.45) is 3.06. The molecule has 1 aromatic carbocycles. The van der Waals surface area contributed by atoms with E-state index in [1.165, 1.54) is 6.21 Å². The predicted molar refractivity (Wildman–Crippen MR) is 123 cm³/mol. The molecule has 0 bridgehead atoms. The molecule has 32 heavy (non-hydrogen) atoms. The van der Waals surface area contributed by atoms with E-state index in [9.17, 15) is 9.59 Å². The van der Waals surface area contributed by atoms with Crippen molar-refractivity contribution in [1.29, 1.82) is 0 Å². The number of carbonyl (C=O) groups excluding carboxylic acids is 2. The minimum Gasteiger partial charge on any atom is -0.483 e. The number of hydrazone groups is 1. The van der Waals surface area contributed by atoms with Gasteiger partial charge < -0.3 is 20.1 Å². The van der Waals surface area contributed by atoms with Crippen LogP contribution >= 0.6 is 12.2 Å². The zero-order chi connectivity index (χ0) is 22.9. The number of benzene rings is 1. The molecule has 3 N–H and O–H groups in total. The maximum Gasteiger partial charge on any atom is 0.338 e. The minimum absolute atomic E-state index is 0.240. The lowest BCUT2D eigenvalue weighted by atomic mass is 9.95. The average Bonchev–Trinajstić information content (AvgIpc) is 2.78. The topological polar surface area (TPSA) is 114 Å². The lowest BCUT2D eigenvalue weighted by molar-refractivity contribution is -0.139. The van der Waals surface area contributed by atoms with Crippen LogP contribution in [0.3, 0.4) is 0 Å². The maximum atomic E-state index is 12.6. The summed E-state index contributed by atoms with van der Waals surface area (Å²) in [6.45, 7) is 3.46. The number of nitrogens with zero attached hydrogens (tertiary/aromatic N) is 2. The predicted octanol–water partition coefficient (Wildman–Crippen LogP) is 1.97. The Morgan fingerprint density at radius 3 is 2.78 bits per heavy atom. The molecule has 0 saturated heterocycles. The second kappa shape index (κ2) is 11.0. The lowest BCUT2D eigenvalue weighted by Gasteiger charge is -2.30. The van der Waals surface area contributed by atoms with Crippen LogP contribution in [0, 0.1) is 0 Å². The summed E-state index contributed by atoms with van der Waals surface area (Å²) in [5, 5.41) is 10.3. The number of esters is 1. The van der Waals surface area contributed by atoms with Gasteiger partial charge in [-0.25, -0.2) is 10.2 Å². The number of thiocarbonyl (C=S) groups is 1.